The number of nitrogens with zero attached hydrogens (tertiary/aromatic N) is 4. The van der Waals surface area contributed by atoms with Crippen LogP contribution in [-0.4, -0.2) is 37.3 Å². The second kappa shape index (κ2) is 7.97. The lowest BCUT2D eigenvalue weighted by atomic mass is 10.3. The zero-order valence-corrected chi connectivity index (χ0v) is 16.3. The summed E-state index contributed by atoms with van der Waals surface area (Å²) in [6.07, 6.45) is 2.98. The first-order chi connectivity index (χ1) is 14.0. The van der Waals surface area contributed by atoms with Gasteiger partial charge in [-0.15, -0.1) is 11.3 Å². The highest BCUT2D eigenvalue weighted by atomic mass is 32.2. The van der Waals surface area contributed by atoms with Gasteiger partial charge in [-0.1, -0.05) is 11.8 Å². The van der Waals surface area contributed by atoms with Gasteiger partial charge in [0.15, 0.2) is 5.65 Å². The molecule has 0 fully saturated rings. The maximum absolute atomic E-state index is 13.2. The standard InChI is InChI=1S/C18H13FN6O2S2/c19-10-1-3-11(4-2-10)25-16-13(7-23-25)17(22-9-21-16)29-8-14(26)24-18-12(15(20)27)5-6-28-18/h1-7,9H,8H2,(H2,20,27)(H,24,26). The predicted octanol–water partition coefficient (Wildman–Crippen LogP) is 2.85. The molecule has 3 aromatic heterocycles. The van der Waals surface area contributed by atoms with Gasteiger partial charge in [-0.2, -0.15) is 5.10 Å². The number of aromatic nitrogens is 4. The number of carbonyl (C=O) groups is 2. The Balaban J connectivity index is 1.51. The van der Waals surface area contributed by atoms with Crippen molar-refractivity contribution >= 4 is 50.9 Å². The monoisotopic (exact) mass is 428 g/mol. The van der Waals surface area contributed by atoms with E-state index in [4.69, 9.17) is 5.73 Å². The van der Waals surface area contributed by atoms with Gasteiger partial charge in [-0.3, -0.25) is 9.59 Å². The van der Waals surface area contributed by atoms with Crippen molar-refractivity contribution in [3.8, 4) is 5.69 Å². The van der Waals surface area contributed by atoms with Crippen molar-refractivity contribution in [3.63, 3.8) is 0 Å². The average molecular weight is 428 g/mol. The van der Waals surface area contributed by atoms with Gasteiger partial charge in [0.1, 0.15) is 22.2 Å². The molecule has 11 heteroatoms. The van der Waals surface area contributed by atoms with Gasteiger partial charge in [0.05, 0.1) is 28.6 Å². The molecule has 0 saturated heterocycles. The minimum atomic E-state index is -0.597. The van der Waals surface area contributed by atoms with E-state index in [1.165, 1.54) is 41.6 Å². The first-order valence-corrected chi connectivity index (χ1v) is 10.1. The number of hydrogen-bond acceptors (Lipinski definition) is 7. The van der Waals surface area contributed by atoms with E-state index in [-0.39, 0.29) is 23.0 Å². The van der Waals surface area contributed by atoms with E-state index in [9.17, 15) is 14.0 Å². The summed E-state index contributed by atoms with van der Waals surface area (Å²) in [5.74, 6) is -1.16. The molecule has 0 atom stereocenters. The van der Waals surface area contributed by atoms with Gasteiger partial charge in [-0.05, 0) is 35.7 Å². The van der Waals surface area contributed by atoms with Crippen molar-refractivity contribution < 1.29 is 14.0 Å². The van der Waals surface area contributed by atoms with Crippen LogP contribution < -0.4 is 11.1 Å². The highest BCUT2D eigenvalue weighted by Gasteiger charge is 2.15. The minimum Gasteiger partial charge on any atom is -0.366 e. The third-order valence-electron chi connectivity index (χ3n) is 3.92. The van der Waals surface area contributed by atoms with E-state index in [0.29, 0.717) is 26.7 Å². The molecule has 2 amide bonds. The topological polar surface area (TPSA) is 116 Å². The Morgan fingerprint density at radius 3 is 2.76 bits per heavy atom. The molecule has 29 heavy (non-hydrogen) atoms. The van der Waals surface area contributed by atoms with E-state index in [1.54, 1.807) is 34.5 Å². The van der Waals surface area contributed by atoms with Crippen molar-refractivity contribution in [1.82, 2.24) is 19.7 Å². The van der Waals surface area contributed by atoms with Crippen LogP contribution in [0.1, 0.15) is 10.4 Å². The number of benzene rings is 1. The molecule has 0 aliphatic heterocycles. The van der Waals surface area contributed by atoms with Gasteiger partial charge in [0.25, 0.3) is 5.91 Å². The van der Waals surface area contributed by atoms with E-state index >= 15 is 0 Å². The number of rotatable bonds is 6. The van der Waals surface area contributed by atoms with Crippen molar-refractivity contribution in [2.24, 2.45) is 5.73 Å². The second-order valence-corrected chi connectivity index (χ2v) is 7.69. The molecular formula is C18H13FN6O2S2. The summed E-state index contributed by atoms with van der Waals surface area (Å²) in [5.41, 5.74) is 6.76. The summed E-state index contributed by atoms with van der Waals surface area (Å²) in [4.78, 5) is 32.1. The van der Waals surface area contributed by atoms with Crippen LogP contribution in [0.15, 0.2) is 53.3 Å². The summed E-state index contributed by atoms with van der Waals surface area (Å²) in [6.45, 7) is 0. The van der Waals surface area contributed by atoms with Gasteiger partial charge >= 0.3 is 0 Å². The number of primary amides is 1. The van der Waals surface area contributed by atoms with Gasteiger partial charge < -0.3 is 11.1 Å². The number of nitrogens with one attached hydrogen (secondary N) is 1. The summed E-state index contributed by atoms with van der Waals surface area (Å²) in [6, 6.07) is 7.44. The molecule has 0 spiro atoms. The highest BCUT2D eigenvalue weighted by molar-refractivity contribution is 8.00. The van der Waals surface area contributed by atoms with Gasteiger partial charge in [0.2, 0.25) is 5.91 Å². The number of thiophene rings is 1. The first kappa shape index (κ1) is 19.0. The molecule has 146 valence electrons. The average Bonchev–Trinajstić information content (AvgIpc) is 3.34. The zero-order chi connectivity index (χ0) is 20.4. The molecule has 4 aromatic rings. The summed E-state index contributed by atoms with van der Waals surface area (Å²) in [5, 5.41) is 10.3. The highest BCUT2D eigenvalue weighted by Crippen LogP contribution is 2.27. The SMILES string of the molecule is NC(=O)c1ccsc1NC(=O)CSc1ncnc2c1cnn2-c1ccc(F)cc1. The smallest absolute Gasteiger partial charge is 0.251 e. The fraction of sp³-hybridized carbons (Fsp3) is 0.0556. The summed E-state index contributed by atoms with van der Waals surface area (Å²) >= 11 is 2.44. The number of thioether (sulfide) groups is 1. The first-order valence-electron chi connectivity index (χ1n) is 8.27. The Kier molecular flexibility index (Phi) is 5.23. The van der Waals surface area contributed by atoms with Gasteiger partial charge in [-0.25, -0.2) is 19.0 Å². The maximum atomic E-state index is 13.2. The molecule has 0 unspecified atom stereocenters. The van der Waals surface area contributed by atoms with Crippen LogP contribution in [0.25, 0.3) is 16.7 Å². The molecule has 0 aliphatic rings. The number of amides is 2. The van der Waals surface area contributed by atoms with Crippen LogP contribution >= 0.6 is 23.1 Å². The Morgan fingerprint density at radius 1 is 1.21 bits per heavy atom. The molecular weight excluding hydrogens is 415 g/mol. The lowest BCUT2D eigenvalue weighted by Crippen LogP contribution is -2.17. The van der Waals surface area contributed by atoms with Gasteiger partial charge in [0, 0.05) is 0 Å². The molecule has 1 aromatic carbocycles. The summed E-state index contributed by atoms with van der Waals surface area (Å²) < 4.78 is 14.7. The lowest BCUT2D eigenvalue weighted by molar-refractivity contribution is -0.113. The lowest BCUT2D eigenvalue weighted by Gasteiger charge is -2.05. The molecule has 0 aliphatic carbocycles. The van der Waals surface area contributed by atoms with Crippen LogP contribution in [0.3, 0.4) is 0 Å². The number of hydrogen-bond donors (Lipinski definition) is 2. The van der Waals surface area contributed by atoms with Crippen molar-refractivity contribution in [1.29, 1.82) is 0 Å². The molecule has 3 heterocycles. The number of anilines is 1. The molecule has 3 N–H and O–H groups in total. The number of carbonyl (C=O) groups excluding carboxylic acids is 2. The fourth-order valence-corrected chi connectivity index (χ4v) is 4.18. The minimum absolute atomic E-state index is 0.0734. The maximum Gasteiger partial charge on any atom is 0.251 e. The molecule has 0 bridgehead atoms. The third kappa shape index (κ3) is 3.96. The van der Waals surface area contributed by atoms with Crippen molar-refractivity contribution in [2.45, 2.75) is 5.03 Å². The fourth-order valence-electron chi connectivity index (χ4n) is 2.61. The van der Waals surface area contributed by atoms with Crippen LogP contribution in [-0.2, 0) is 4.79 Å². The molecule has 8 nitrogen and oxygen atoms in total. The number of halogens is 1. The van der Waals surface area contributed by atoms with E-state index < -0.39 is 5.91 Å². The van der Waals surface area contributed by atoms with Crippen molar-refractivity contribution in [3.05, 3.63) is 59.6 Å². The largest absolute Gasteiger partial charge is 0.366 e. The number of fused-ring (bicyclic) bond motifs is 1. The van der Waals surface area contributed by atoms with Crippen LogP contribution in [0, 0.1) is 5.82 Å². The Morgan fingerprint density at radius 2 is 2.00 bits per heavy atom. The predicted molar refractivity (Wildman–Crippen MR) is 109 cm³/mol. The number of nitrogens with two attached hydrogens (primary N) is 1. The van der Waals surface area contributed by atoms with E-state index in [0.717, 1.165) is 0 Å². The van der Waals surface area contributed by atoms with Crippen LogP contribution in [0.5, 0.6) is 0 Å². The van der Waals surface area contributed by atoms with E-state index in [1.807, 2.05) is 0 Å². The molecule has 0 radical (unpaired) electrons. The summed E-state index contributed by atoms with van der Waals surface area (Å²) in [7, 11) is 0. The second-order valence-electron chi connectivity index (χ2n) is 5.81. The third-order valence-corrected chi connectivity index (χ3v) is 5.76. The van der Waals surface area contributed by atoms with Crippen LogP contribution in [0.4, 0.5) is 9.39 Å². The normalized spacial score (nSPS) is 10.9. The van der Waals surface area contributed by atoms with E-state index in [2.05, 4.69) is 20.4 Å². The Bertz CT molecular complexity index is 1200. The quantitative estimate of drug-likeness (QED) is 0.360. The molecule has 4 rings (SSSR count). The Hall–Kier alpha value is -3.31. The Labute approximate surface area is 172 Å². The molecule has 0 saturated carbocycles. The van der Waals surface area contributed by atoms with Crippen molar-refractivity contribution in [2.75, 3.05) is 11.1 Å². The zero-order valence-electron chi connectivity index (χ0n) is 14.7. The van der Waals surface area contributed by atoms with Crippen LogP contribution in [0.2, 0.25) is 0 Å².